The summed E-state index contributed by atoms with van der Waals surface area (Å²) in [6.07, 6.45) is 5.73. The van der Waals surface area contributed by atoms with E-state index in [1.165, 1.54) is 5.56 Å². The number of rotatable bonds is 0. The lowest BCUT2D eigenvalue weighted by molar-refractivity contribution is 0.277. The first-order chi connectivity index (χ1) is 7.79. The number of thiocarbonyl (C=S) groups is 1. The zero-order valence-electron chi connectivity index (χ0n) is 8.45. The van der Waals surface area contributed by atoms with E-state index in [1.807, 2.05) is 24.3 Å². The summed E-state index contributed by atoms with van der Waals surface area (Å²) in [5.41, 5.74) is 7.91. The van der Waals surface area contributed by atoms with Gasteiger partial charge in [-0.15, -0.1) is 0 Å². The largest absolute Gasteiger partial charge is 0.374 e. The zero-order chi connectivity index (χ0) is 11.1. The van der Waals surface area contributed by atoms with Gasteiger partial charge in [0.2, 0.25) is 0 Å². The van der Waals surface area contributed by atoms with Crippen LogP contribution in [-0.2, 0) is 0 Å². The average Bonchev–Trinajstić information content (AvgIpc) is 2.63. The normalized spacial score (nSPS) is 20.9. The third-order valence-electron chi connectivity index (χ3n) is 2.71. The Morgan fingerprint density at radius 3 is 3.00 bits per heavy atom. The van der Waals surface area contributed by atoms with Gasteiger partial charge in [0, 0.05) is 11.8 Å². The molecule has 0 saturated carbocycles. The van der Waals surface area contributed by atoms with Gasteiger partial charge < -0.3 is 5.73 Å². The van der Waals surface area contributed by atoms with Crippen LogP contribution >= 0.6 is 12.2 Å². The Balaban J connectivity index is 2.18. The number of hydrogen-bond acceptors (Lipinski definition) is 3. The van der Waals surface area contributed by atoms with Crippen molar-refractivity contribution in [3.63, 3.8) is 0 Å². The predicted molar refractivity (Wildman–Crippen MR) is 67.9 cm³/mol. The van der Waals surface area contributed by atoms with E-state index in [-0.39, 0.29) is 6.04 Å². The monoisotopic (exact) mass is 230 g/mol. The molecule has 16 heavy (non-hydrogen) atoms. The lowest BCUT2D eigenvalue weighted by atomic mass is 10.1. The summed E-state index contributed by atoms with van der Waals surface area (Å²) in [4.78, 5) is 0. The maximum atomic E-state index is 5.74. The van der Waals surface area contributed by atoms with Gasteiger partial charge in [0.25, 0.3) is 0 Å². The van der Waals surface area contributed by atoms with Crippen molar-refractivity contribution in [2.24, 2.45) is 10.8 Å². The molecule has 0 radical (unpaired) electrons. The van der Waals surface area contributed by atoms with Crippen molar-refractivity contribution in [1.82, 2.24) is 5.12 Å². The molecule has 1 aromatic carbocycles. The molecule has 5 heteroatoms. The van der Waals surface area contributed by atoms with Gasteiger partial charge in [0.15, 0.2) is 5.11 Å². The molecule has 1 aromatic rings. The summed E-state index contributed by atoms with van der Waals surface area (Å²) in [6.45, 7) is 0. The second-order valence-corrected chi connectivity index (χ2v) is 4.04. The third kappa shape index (κ3) is 1.15. The Bertz CT molecular complexity index is 508. The highest BCUT2D eigenvalue weighted by Gasteiger charge is 2.36. The number of nitrogens with two attached hydrogens (primary N) is 1. The van der Waals surface area contributed by atoms with Crippen molar-refractivity contribution in [2.45, 2.75) is 6.04 Å². The van der Waals surface area contributed by atoms with Crippen molar-refractivity contribution >= 4 is 29.2 Å². The summed E-state index contributed by atoms with van der Waals surface area (Å²) < 4.78 is 0. The highest BCUT2D eigenvalue weighted by Crippen LogP contribution is 2.41. The first-order valence-corrected chi connectivity index (χ1v) is 5.38. The number of benzene rings is 1. The van der Waals surface area contributed by atoms with Crippen molar-refractivity contribution in [3.05, 3.63) is 42.0 Å². The van der Waals surface area contributed by atoms with E-state index in [9.17, 15) is 0 Å². The van der Waals surface area contributed by atoms with Gasteiger partial charge in [0.1, 0.15) is 6.04 Å². The number of hydrazone groups is 1. The summed E-state index contributed by atoms with van der Waals surface area (Å²) in [6, 6.07) is 8.14. The fourth-order valence-electron chi connectivity index (χ4n) is 2.08. The van der Waals surface area contributed by atoms with E-state index in [1.54, 1.807) is 16.3 Å². The van der Waals surface area contributed by atoms with Gasteiger partial charge in [-0.2, -0.15) is 10.2 Å². The van der Waals surface area contributed by atoms with Crippen LogP contribution in [0.5, 0.6) is 0 Å². The number of hydrogen-bond donors (Lipinski definition) is 1. The Kier molecular flexibility index (Phi) is 1.94. The maximum Gasteiger partial charge on any atom is 0.191 e. The summed E-state index contributed by atoms with van der Waals surface area (Å²) in [5, 5.41) is 8.15. The van der Waals surface area contributed by atoms with Crippen molar-refractivity contribution in [2.75, 3.05) is 5.01 Å². The predicted octanol–water partition coefficient (Wildman–Crippen LogP) is 1.56. The minimum Gasteiger partial charge on any atom is -0.374 e. The van der Waals surface area contributed by atoms with Crippen molar-refractivity contribution < 1.29 is 0 Å². The average molecular weight is 230 g/mol. The van der Waals surface area contributed by atoms with Gasteiger partial charge in [-0.1, -0.05) is 24.3 Å². The second-order valence-electron chi connectivity index (χ2n) is 3.62. The Labute approximate surface area is 98.6 Å². The van der Waals surface area contributed by atoms with E-state index in [4.69, 9.17) is 18.0 Å². The van der Waals surface area contributed by atoms with Crippen LogP contribution in [-0.4, -0.2) is 16.4 Å². The molecule has 2 heterocycles. The lowest BCUT2D eigenvalue weighted by Gasteiger charge is -2.29. The molecular formula is C11H10N4S. The molecule has 4 nitrogen and oxygen atoms in total. The van der Waals surface area contributed by atoms with Crippen molar-refractivity contribution in [3.8, 4) is 0 Å². The van der Waals surface area contributed by atoms with Crippen LogP contribution in [0.2, 0.25) is 0 Å². The molecule has 2 aliphatic heterocycles. The number of nitrogens with zero attached hydrogens (tertiary/aromatic N) is 3. The molecule has 3 rings (SSSR count). The van der Waals surface area contributed by atoms with E-state index in [0.29, 0.717) is 5.11 Å². The summed E-state index contributed by atoms with van der Waals surface area (Å²) in [5.74, 6) is 0. The molecular weight excluding hydrogens is 220 g/mol. The highest BCUT2D eigenvalue weighted by molar-refractivity contribution is 7.80. The molecule has 2 aliphatic rings. The highest BCUT2D eigenvalue weighted by atomic mass is 32.1. The number of fused-ring (bicyclic) bond motifs is 3. The summed E-state index contributed by atoms with van der Waals surface area (Å²) >= 11 is 5.06. The van der Waals surface area contributed by atoms with Crippen LogP contribution in [0.1, 0.15) is 11.6 Å². The SMILES string of the molecule is NC(=S)N1c2ccccc2C2C=CC=NN21. The van der Waals surface area contributed by atoms with Crippen LogP contribution in [0.3, 0.4) is 0 Å². The number of anilines is 1. The van der Waals surface area contributed by atoms with Crippen LogP contribution < -0.4 is 10.7 Å². The fraction of sp³-hybridized carbons (Fsp3) is 0.0909. The Hall–Kier alpha value is -1.88. The molecule has 80 valence electrons. The van der Waals surface area contributed by atoms with Gasteiger partial charge in [-0.05, 0) is 24.4 Å². The summed E-state index contributed by atoms with van der Waals surface area (Å²) in [7, 11) is 0. The van der Waals surface area contributed by atoms with Gasteiger partial charge in [-0.3, -0.25) is 0 Å². The third-order valence-corrected chi connectivity index (χ3v) is 2.88. The molecule has 1 atom stereocenters. The second kappa shape index (κ2) is 3.31. The van der Waals surface area contributed by atoms with Gasteiger partial charge in [0.05, 0.1) is 5.69 Å². The lowest BCUT2D eigenvalue weighted by Crippen LogP contribution is -2.44. The molecule has 0 aliphatic carbocycles. The number of hydrazine groups is 1. The van der Waals surface area contributed by atoms with Gasteiger partial charge in [-0.25, -0.2) is 5.01 Å². The molecule has 2 N–H and O–H groups in total. The van der Waals surface area contributed by atoms with E-state index in [0.717, 1.165) is 5.69 Å². The topological polar surface area (TPSA) is 44.9 Å². The van der Waals surface area contributed by atoms with E-state index < -0.39 is 0 Å². The standard InChI is InChI=1S/C11H10N4S/c12-11(16)14-9-5-2-1-4-8(9)10-6-3-7-13-15(10)14/h1-7,10H,(H2,12,16). The van der Waals surface area contributed by atoms with Crippen LogP contribution in [0.25, 0.3) is 0 Å². The number of para-hydroxylation sites is 1. The Morgan fingerprint density at radius 2 is 2.19 bits per heavy atom. The Morgan fingerprint density at radius 1 is 1.38 bits per heavy atom. The minimum atomic E-state index is 0.0997. The molecule has 0 amide bonds. The van der Waals surface area contributed by atoms with Crippen LogP contribution in [0.15, 0.2) is 41.5 Å². The quantitative estimate of drug-likeness (QED) is 0.687. The first-order valence-electron chi connectivity index (χ1n) is 4.97. The molecule has 0 spiro atoms. The van der Waals surface area contributed by atoms with Gasteiger partial charge >= 0.3 is 0 Å². The molecule has 1 unspecified atom stereocenters. The van der Waals surface area contributed by atoms with E-state index in [2.05, 4.69) is 17.2 Å². The zero-order valence-corrected chi connectivity index (χ0v) is 9.26. The van der Waals surface area contributed by atoms with E-state index >= 15 is 0 Å². The maximum absolute atomic E-state index is 5.74. The number of allylic oxidation sites excluding steroid dienone is 1. The van der Waals surface area contributed by atoms with Crippen LogP contribution in [0, 0.1) is 0 Å². The molecule has 0 saturated heterocycles. The molecule has 0 bridgehead atoms. The molecule has 0 fully saturated rings. The van der Waals surface area contributed by atoms with Crippen molar-refractivity contribution in [1.29, 1.82) is 0 Å². The minimum absolute atomic E-state index is 0.0997. The smallest absolute Gasteiger partial charge is 0.191 e. The first kappa shape index (κ1) is 9.35. The van der Waals surface area contributed by atoms with Crippen LogP contribution in [0.4, 0.5) is 5.69 Å². The molecule has 0 aromatic heterocycles. The fourth-order valence-corrected chi connectivity index (χ4v) is 2.26.